The Hall–Kier alpha value is -1.20. The van der Waals surface area contributed by atoms with Gasteiger partial charge in [0.15, 0.2) is 0 Å². The predicted octanol–water partition coefficient (Wildman–Crippen LogP) is 3.95. The largest absolute Gasteiger partial charge is 0.469 e. The van der Waals surface area contributed by atoms with E-state index in [2.05, 4.69) is 11.7 Å². The smallest absolute Gasteiger partial charge is 0.305 e. The molecule has 1 aliphatic carbocycles. The first-order valence-electron chi connectivity index (χ1n) is 10.5. The number of ether oxygens (including phenoxy) is 1. The molecule has 4 atom stereocenters. The third-order valence-corrected chi connectivity index (χ3v) is 5.59. The van der Waals surface area contributed by atoms with Gasteiger partial charge in [-0.25, -0.2) is 0 Å². The monoisotopic (exact) mass is 382 g/mol. The predicted molar refractivity (Wildman–Crippen MR) is 106 cm³/mol. The lowest BCUT2D eigenvalue weighted by atomic mass is 9.87. The molecular weight excluding hydrogens is 344 g/mol. The van der Waals surface area contributed by atoms with Gasteiger partial charge in [0.1, 0.15) is 5.78 Å². The molecule has 0 aromatic heterocycles. The second kappa shape index (κ2) is 12.3. The van der Waals surface area contributed by atoms with Crippen molar-refractivity contribution in [1.82, 2.24) is 0 Å². The third kappa shape index (κ3) is 9.02. The van der Waals surface area contributed by atoms with Crippen LogP contribution in [0.1, 0.15) is 84.5 Å². The van der Waals surface area contributed by atoms with E-state index in [1.54, 1.807) is 0 Å². The minimum absolute atomic E-state index is 0.127. The number of esters is 1. The van der Waals surface area contributed by atoms with E-state index >= 15 is 0 Å². The summed E-state index contributed by atoms with van der Waals surface area (Å²) in [6.45, 7) is 3.95. The van der Waals surface area contributed by atoms with Crippen LogP contribution < -0.4 is 0 Å². The Bertz CT molecular complexity index is 483. The van der Waals surface area contributed by atoms with Crippen LogP contribution in [0.15, 0.2) is 12.2 Å². The Kier molecular flexibility index (Phi) is 10.9. The molecule has 0 aliphatic heterocycles. The average Bonchev–Trinajstić information content (AvgIpc) is 2.89. The Labute approximate surface area is 164 Å². The maximum absolute atomic E-state index is 12.2. The Morgan fingerprint density at radius 2 is 1.96 bits per heavy atom. The Balaban J connectivity index is 2.42. The second-order valence-electron chi connectivity index (χ2n) is 8.18. The zero-order valence-electron chi connectivity index (χ0n) is 17.3. The van der Waals surface area contributed by atoms with Crippen molar-refractivity contribution in [2.45, 2.75) is 96.2 Å². The fourth-order valence-electron chi connectivity index (χ4n) is 3.82. The second-order valence-corrected chi connectivity index (χ2v) is 8.18. The molecule has 27 heavy (non-hydrogen) atoms. The van der Waals surface area contributed by atoms with Gasteiger partial charge in [-0.15, -0.1) is 0 Å². The highest BCUT2D eigenvalue weighted by molar-refractivity contribution is 5.84. The molecule has 5 heteroatoms. The lowest BCUT2D eigenvalue weighted by Gasteiger charge is -2.22. The summed E-state index contributed by atoms with van der Waals surface area (Å²) in [5, 5.41) is 20.6. The van der Waals surface area contributed by atoms with Gasteiger partial charge >= 0.3 is 5.97 Å². The molecule has 1 fully saturated rings. The van der Waals surface area contributed by atoms with E-state index in [0.717, 1.165) is 51.4 Å². The number of carbonyl (C=O) groups is 2. The molecule has 0 heterocycles. The number of carbonyl (C=O) groups excluding carboxylic acids is 2. The number of unbranched alkanes of at least 4 members (excludes halogenated alkanes) is 4. The van der Waals surface area contributed by atoms with Crippen LogP contribution in [0.5, 0.6) is 0 Å². The maximum Gasteiger partial charge on any atom is 0.305 e. The van der Waals surface area contributed by atoms with Crippen molar-refractivity contribution < 1.29 is 24.5 Å². The fourth-order valence-corrected chi connectivity index (χ4v) is 3.82. The minimum atomic E-state index is -0.727. The third-order valence-electron chi connectivity index (χ3n) is 5.59. The van der Waals surface area contributed by atoms with Crippen molar-refractivity contribution in [2.75, 3.05) is 7.11 Å². The highest BCUT2D eigenvalue weighted by Gasteiger charge is 2.39. The van der Waals surface area contributed by atoms with E-state index in [9.17, 15) is 19.8 Å². The summed E-state index contributed by atoms with van der Waals surface area (Å²) in [7, 11) is 1.40. The molecule has 0 amide bonds. The topological polar surface area (TPSA) is 83.8 Å². The number of hydrogen-bond donors (Lipinski definition) is 2. The molecule has 156 valence electrons. The van der Waals surface area contributed by atoms with Crippen LogP contribution in [-0.4, -0.2) is 40.8 Å². The van der Waals surface area contributed by atoms with E-state index in [1.165, 1.54) is 7.11 Å². The SMILES string of the molecule is CCCC[C@@](C)(O)C/C=C/[C@H]1[C@H](CCCCCCC(=O)OC)C(=O)C[C@@H]1O. The highest BCUT2D eigenvalue weighted by Crippen LogP contribution is 2.34. The summed E-state index contributed by atoms with van der Waals surface area (Å²) in [6.07, 6.45) is 11.7. The average molecular weight is 383 g/mol. The number of ketones is 1. The molecule has 0 bridgehead atoms. The molecular formula is C22H38O5. The van der Waals surface area contributed by atoms with Gasteiger partial charge in [0, 0.05) is 24.7 Å². The zero-order chi connectivity index (χ0) is 20.3. The fraction of sp³-hybridized carbons (Fsp3) is 0.818. The van der Waals surface area contributed by atoms with E-state index < -0.39 is 11.7 Å². The summed E-state index contributed by atoms with van der Waals surface area (Å²) in [5.74, 6) is -0.305. The van der Waals surface area contributed by atoms with E-state index in [-0.39, 0.29) is 30.0 Å². The van der Waals surface area contributed by atoms with Crippen molar-refractivity contribution in [3.63, 3.8) is 0 Å². The lowest BCUT2D eigenvalue weighted by Crippen LogP contribution is -2.23. The first kappa shape index (κ1) is 23.8. The van der Waals surface area contributed by atoms with Crippen molar-refractivity contribution >= 4 is 11.8 Å². The highest BCUT2D eigenvalue weighted by atomic mass is 16.5. The molecule has 0 unspecified atom stereocenters. The standard InChI is InChI=1S/C22H38O5/c1-4-5-14-22(2,26)15-10-12-18-17(19(23)16-20(18)24)11-8-6-7-9-13-21(25)27-3/h10,12,17-18,20,24,26H,4-9,11,13-16H2,1-3H3/b12-10+/t17-,18-,20-,22+/m0/s1. The van der Waals surface area contributed by atoms with Gasteiger partial charge < -0.3 is 14.9 Å². The lowest BCUT2D eigenvalue weighted by molar-refractivity contribution is -0.140. The van der Waals surface area contributed by atoms with Crippen molar-refractivity contribution in [3.8, 4) is 0 Å². The summed E-state index contributed by atoms with van der Waals surface area (Å²) in [4.78, 5) is 23.3. The molecule has 1 saturated carbocycles. The summed E-state index contributed by atoms with van der Waals surface area (Å²) in [5.41, 5.74) is -0.727. The van der Waals surface area contributed by atoms with Crippen LogP contribution in [0.25, 0.3) is 0 Å². The molecule has 0 radical (unpaired) electrons. The van der Waals surface area contributed by atoms with Gasteiger partial charge in [-0.05, 0) is 32.6 Å². The molecule has 0 aromatic rings. The zero-order valence-corrected chi connectivity index (χ0v) is 17.3. The number of hydrogen-bond acceptors (Lipinski definition) is 5. The van der Waals surface area contributed by atoms with Crippen LogP contribution in [-0.2, 0) is 14.3 Å². The summed E-state index contributed by atoms with van der Waals surface area (Å²) < 4.78 is 4.62. The quantitative estimate of drug-likeness (QED) is 0.286. The molecule has 0 saturated heterocycles. The molecule has 0 spiro atoms. The van der Waals surface area contributed by atoms with Gasteiger partial charge in [0.05, 0.1) is 18.8 Å². The number of Topliss-reactive ketones (excluding diaryl/α,β-unsaturated/α-hetero) is 1. The van der Waals surface area contributed by atoms with Crippen LogP contribution in [0.2, 0.25) is 0 Å². The van der Waals surface area contributed by atoms with Crippen molar-refractivity contribution in [3.05, 3.63) is 12.2 Å². The Morgan fingerprint density at radius 1 is 1.26 bits per heavy atom. The van der Waals surface area contributed by atoms with E-state index in [1.807, 2.05) is 19.1 Å². The van der Waals surface area contributed by atoms with Crippen LogP contribution in [0.3, 0.4) is 0 Å². The number of rotatable bonds is 13. The van der Waals surface area contributed by atoms with E-state index in [0.29, 0.717) is 12.8 Å². The van der Waals surface area contributed by atoms with Gasteiger partial charge in [-0.3, -0.25) is 9.59 Å². The number of aliphatic hydroxyl groups excluding tert-OH is 1. The Morgan fingerprint density at radius 3 is 2.63 bits per heavy atom. The summed E-state index contributed by atoms with van der Waals surface area (Å²) >= 11 is 0. The molecule has 0 aromatic carbocycles. The van der Waals surface area contributed by atoms with Crippen LogP contribution in [0, 0.1) is 11.8 Å². The minimum Gasteiger partial charge on any atom is -0.469 e. The van der Waals surface area contributed by atoms with Gasteiger partial charge in [0.2, 0.25) is 0 Å². The van der Waals surface area contributed by atoms with Gasteiger partial charge in [-0.2, -0.15) is 0 Å². The van der Waals surface area contributed by atoms with Crippen molar-refractivity contribution in [1.29, 1.82) is 0 Å². The summed E-state index contributed by atoms with van der Waals surface area (Å²) in [6, 6.07) is 0. The molecule has 1 aliphatic rings. The van der Waals surface area contributed by atoms with Crippen LogP contribution >= 0.6 is 0 Å². The van der Waals surface area contributed by atoms with Gasteiger partial charge in [0.25, 0.3) is 0 Å². The van der Waals surface area contributed by atoms with Crippen LogP contribution in [0.4, 0.5) is 0 Å². The first-order valence-corrected chi connectivity index (χ1v) is 10.5. The molecule has 5 nitrogen and oxygen atoms in total. The molecule has 1 rings (SSSR count). The normalized spacial score (nSPS) is 25.1. The van der Waals surface area contributed by atoms with Gasteiger partial charge in [-0.1, -0.05) is 51.2 Å². The number of aliphatic hydroxyl groups is 2. The maximum atomic E-state index is 12.2. The van der Waals surface area contributed by atoms with Crippen molar-refractivity contribution in [2.24, 2.45) is 11.8 Å². The first-order chi connectivity index (χ1) is 12.8. The molecule has 2 N–H and O–H groups in total. The van der Waals surface area contributed by atoms with E-state index in [4.69, 9.17) is 0 Å². The number of methoxy groups -OCH3 is 1.